The molecule has 0 amide bonds. The molecule has 0 aliphatic heterocycles. The molecule has 0 saturated heterocycles. The van der Waals surface area contributed by atoms with Gasteiger partial charge < -0.3 is 4.79 Å². The molecule has 70 valence electrons. The number of halogens is 1. The molecule has 0 unspecified atom stereocenters. The monoisotopic (exact) mass is 240 g/mol. The third-order valence-corrected chi connectivity index (χ3v) is 2.69. The van der Waals surface area contributed by atoms with Gasteiger partial charge in [0.15, 0.2) is 0 Å². The summed E-state index contributed by atoms with van der Waals surface area (Å²) in [6.07, 6.45) is 2.57. The molecular formula is C11H13BrO. The predicted molar refractivity (Wildman–Crippen MR) is 57.9 cm³/mol. The summed E-state index contributed by atoms with van der Waals surface area (Å²) in [4.78, 5) is 10.2. The summed E-state index contributed by atoms with van der Waals surface area (Å²) in [5, 5.41) is 0. The molecule has 0 heterocycles. The van der Waals surface area contributed by atoms with Gasteiger partial charge >= 0.3 is 0 Å². The molecule has 1 aromatic carbocycles. The fourth-order valence-corrected chi connectivity index (χ4v) is 1.54. The summed E-state index contributed by atoms with van der Waals surface area (Å²) < 4.78 is 1.10. The Morgan fingerprint density at radius 2 is 2.00 bits per heavy atom. The zero-order valence-corrected chi connectivity index (χ0v) is 9.25. The zero-order valence-electron chi connectivity index (χ0n) is 7.66. The van der Waals surface area contributed by atoms with Gasteiger partial charge in [-0.3, -0.25) is 0 Å². The van der Waals surface area contributed by atoms with Crippen molar-refractivity contribution in [3.63, 3.8) is 0 Å². The van der Waals surface area contributed by atoms with Gasteiger partial charge in [-0.05, 0) is 30.0 Å². The van der Waals surface area contributed by atoms with Gasteiger partial charge in [0.1, 0.15) is 6.29 Å². The van der Waals surface area contributed by atoms with Crippen molar-refractivity contribution < 1.29 is 4.79 Å². The molecule has 0 bridgehead atoms. The third kappa shape index (κ3) is 3.31. The normalized spacial score (nSPS) is 12.5. The molecule has 1 rings (SSSR count). The van der Waals surface area contributed by atoms with Gasteiger partial charge in [-0.25, -0.2) is 0 Å². The lowest BCUT2D eigenvalue weighted by atomic mass is 9.97. The molecule has 13 heavy (non-hydrogen) atoms. The predicted octanol–water partition coefficient (Wildman–Crippen LogP) is 3.53. The Balaban J connectivity index is 2.60. The van der Waals surface area contributed by atoms with Gasteiger partial charge in [-0.2, -0.15) is 0 Å². The minimum absolute atomic E-state index is 0.471. The lowest BCUT2D eigenvalue weighted by molar-refractivity contribution is -0.108. The van der Waals surface area contributed by atoms with Gasteiger partial charge in [0, 0.05) is 10.9 Å². The van der Waals surface area contributed by atoms with E-state index in [0.29, 0.717) is 12.3 Å². The fraction of sp³-hybridized carbons (Fsp3) is 0.364. The maximum absolute atomic E-state index is 10.2. The first-order chi connectivity index (χ1) is 6.24. The summed E-state index contributed by atoms with van der Waals surface area (Å²) in [5.74, 6) is 0.471. The summed E-state index contributed by atoms with van der Waals surface area (Å²) >= 11 is 3.39. The van der Waals surface area contributed by atoms with E-state index < -0.39 is 0 Å². The van der Waals surface area contributed by atoms with Crippen molar-refractivity contribution in [3.05, 3.63) is 34.3 Å². The Hall–Kier alpha value is -0.630. The Morgan fingerprint density at radius 1 is 1.38 bits per heavy atom. The highest BCUT2D eigenvalue weighted by Crippen LogP contribution is 2.21. The van der Waals surface area contributed by atoms with Crippen LogP contribution in [0.3, 0.4) is 0 Å². The van der Waals surface area contributed by atoms with Crippen molar-refractivity contribution in [2.75, 3.05) is 0 Å². The van der Waals surface area contributed by atoms with Gasteiger partial charge in [0.2, 0.25) is 0 Å². The Kier molecular flexibility index (Phi) is 4.16. The molecule has 1 nitrogen and oxygen atoms in total. The van der Waals surface area contributed by atoms with Crippen LogP contribution in [-0.2, 0) is 4.79 Å². The Labute approximate surface area is 87.3 Å². The van der Waals surface area contributed by atoms with E-state index in [-0.39, 0.29) is 0 Å². The highest BCUT2D eigenvalue weighted by atomic mass is 79.9. The maximum Gasteiger partial charge on any atom is 0.120 e. The minimum Gasteiger partial charge on any atom is -0.303 e. The summed E-state index contributed by atoms with van der Waals surface area (Å²) in [6, 6.07) is 8.26. The second kappa shape index (κ2) is 5.18. The summed E-state index contributed by atoms with van der Waals surface area (Å²) in [6.45, 7) is 2.15. The number of carbonyl (C=O) groups excluding carboxylic acids is 1. The third-order valence-electron chi connectivity index (χ3n) is 2.16. The average Bonchev–Trinajstić information content (AvgIpc) is 2.15. The Morgan fingerprint density at radius 3 is 2.54 bits per heavy atom. The van der Waals surface area contributed by atoms with Crippen molar-refractivity contribution >= 4 is 22.2 Å². The molecule has 1 aromatic rings. The standard InChI is InChI=1S/C11H13BrO/c1-9(3-2-8-13)10-4-6-11(12)7-5-10/h4-9H,2-3H2,1H3/t9-/m1/s1. The molecule has 0 radical (unpaired) electrons. The van der Waals surface area contributed by atoms with E-state index in [2.05, 4.69) is 35.0 Å². The van der Waals surface area contributed by atoms with Gasteiger partial charge in [0.05, 0.1) is 0 Å². The van der Waals surface area contributed by atoms with Crippen LogP contribution in [0, 0.1) is 0 Å². The number of rotatable bonds is 4. The van der Waals surface area contributed by atoms with E-state index in [1.165, 1.54) is 5.56 Å². The summed E-state index contributed by atoms with van der Waals surface area (Å²) in [5.41, 5.74) is 1.30. The SMILES string of the molecule is C[C@H](CCC=O)c1ccc(Br)cc1. The number of carbonyl (C=O) groups is 1. The van der Waals surface area contributed by atoms with Crippen molar-refractivity contribution in [2.24, 2.45) is 0 Å². The van der Waals surface area contributed by atoms with Gasteiger partial charge in [0.25, 0.3) is 0 Å². The van der Waals surface area contributed by atoms with Crippen LogP contribution in [-0.4, -0.2) is 6.29 Å². The molecule has 0 aliphatic rings. The molecule has 0 fully saturated rings. The van der Waals surface area contributed by atoms with Crippen molar-refractivity contribution in [1.82, 2.24) is 0 Å². The molecule has 0 aliphatic carbocycles. The van der Waals surface area contributed by atoms with Gasteiger partial charge in [-0.1, -0.05) is 35.0 Å². The fourth-order valence-electron chi connectivity index (χ4n) is 1.28. The maximum atomic E-state index is 10.2. The van der Waals surface area contributed by atoms with Crippen molar-refractivity contribution in [2.45, 2.75) is 25.7 Å². The Bertz CT molecular complexity index is 266. The number of hydrogen-bond acceptors (Lipinski definition) is 1. The lowest BCUT2D eigenvalue weighted by Crippen LogP contribution is -1.93. The molecule has 0 aromatic heterocycles. The van der Waals surface area contributed by atoms with E-state index in [1.54, 1.807) is 0 Å². The lowest BCUT2D eigenvalue weighted by Gasteiger charge is -2.09. The van der Waals surface area contributed by atoms with E-state index >= 15 is 0 Å². The summed E-state index contributed by atoms with van der Waals surface area (Å²) in [7, 11) is 0. The van der Waals surface area contributed by atoms with Crippen LogP contribution < -0.4 is 0 Å². The van der Waals surface area contributed by atoms with Crippen LogP contribution in [0.5, 0.6) is 0 Å². The molecule has 0 saturated carbocycles. The molecule has 2 heteroatoms. The first-order valence-corrected chi connectivity index (χ1v) is 5.22. The second-order valence-corrected chi connectivity index (χ2v) is 4.11. The van der Waals surface area contributed by atoms with E-state index in [9.17, 15) is 4.79 Å². The average molecular weight is 241 g/mol. The molecule has 0 N–H and O–H groups in total. The van der Waals surface area contributed by atoms with Gasteiger partial charge in [-0.15, -0.1) is 0 Å². The smallest absolute Gasteiger partial charge is 0.120 e. The number of hydrogen-bond donors (Lipinski definition) is 0. The van der Waals surface area contributed by atoms with Crippen LogP contribution in [0.25, 0.3) is 0 Å². The van der Waals surface area contributed by atoms with Crippen LogP contribution in [0.2, 0.25) is 0 Å². The second-order valence-electron chi connectivity index (χ2n) is 3.20. The van der Waals surface area contributed by atoms with Crippen LogP contribution in [0.4, 0.5) is 0 Å². The number of benzene rings is 1. The largest absolute Gasteiger partial charge is 0.303 e. The van der Waals surface area contributed by atoms with Crippen LogP contribution >= 0.6 is 15.9 Å². The van der Waals surface area contributed by atoms with E-state index in [4.69, 9.17) is 0 Å². The molecule has 0 spiro atoms. The first kappa shape index (κ1) is 10.5. The van der Waals surface area contributed by atoms with E-state index in [0.717, 1.165) is 17.2 Å². The minimum atomic E-state index is 0.471. The molecule has 1 atom stereocenters. The van der Waals surface area contributed by atoms with E-state index in [1.807, 2.05) is 12.1 Å². The molecular weight excluding hydrogens is 228 g/mol. The topological polar surface area (TPSA) is 17.1 Å². The van der Waals surface area contributed by atoms with Crippen molar-refractivity contribution in [1.29, 1.82) is 0 Å². The van der Waals surface area contributed by atoms with Crippen molar-refractivity contribution in [3.8, 4) is 0 Å². The van der Waals surface area contributed by atoms with Crippen LogP contribution in [0.1, 0.15) is 31.2 Å². The zero-order chi connectivity index (χ0) is 9.68. The first-order valence-electron chi connectivity index (χ1n) is 4.43. The number of aldehydes is 1. The highest BCUT2D eigenvalue weighted by molar-refractivity contribution is 9.10. The highest BCUT2D eigenvalue weighted by Gasteiger charge is 2.03. The van der Waals surface area contributed by atoms with Crippen LogP contribution in [0.15, 0.2) is 28.7 Å². The quantitative estimate of drug-likeness (QED) is 0.737.